The summed E-state index contributed by atoms with van der Waals surface area (Å²) in [6, 6.07) is 3.59. The first-order chi connectivity index (χ1) is 8.74. The molecule has 0 spiro atoms. The van der Waals surface area contributed by atoms with E-state index in [1.54, 1.807) is 0 Å². The van der Waals surface area contributed by atoms with Crippen molar-refractivity contribution >= 4 is 11.4 Å². The van der Waals surface area contributed by atoms with Crippen LogP contribution >= 0.6 is 0 Å². The Bertz CT molecular complexity index is 416. The Hall–Kier alpha value is -1.39. The van der Waals surface area contributed by atoms with Gasteiger partial charge in [-0.2, -0.15) is 13.2 Å². The number of nitrogen functional groups attached to an aromatic ring is 1. The molecule has 0 saturated heterocycles. The van der Waals surface area contributed by atoms with Gasteiger partial charge in [0.25, 0.3) is 0 Å². The van der Waals surface area contributed by atoms with Crippen molar-refractivity contribution in [3.63, 3.8) is 0 Å². The van der Waals surface area contributed by atoms with Gasteiger partial charge in [-0.15, -0.1) is 0 Å². The van der Waals surface area contributed by atoms with E-state index in [1.165, 1.54) is 6.07 Å². The molecule has 1 aromatic carbocycles. The smallest absolute Gasteiger partial charge is 0.397 e. The van der Waals surface area contributed by atoms with Crippen LogP contribution in [-0.4, -0.2) is 6.04 Å². The number of hydrogen-bond donors (Lipinski definition) is 2. The zero-order valence-electron chi connectivity index (χ0n) is 11.5. The molecule has 0 amide bonds. The van der Waals surface area contributed by atoms with E-state index in [1.807, 2.05) is 6.92 Å². The van der Waals surface area contributed by atoms with Crippen molar-refractivity contribution in [1.29, 1.82) is 0 Å². The minimum atomic E-state index is -4.35. The average molecular weight is 274 g/mol. The highest BCUT2D eigenvalue weighted by atomic mass is 19.4. The quantitative estimate of drug-likeness (QED) is 0.774. The molecular weight excluding hydrogens is 253 g/mol. The zero-order valence-corrected chi connectivity index (χ0v) is 11.5. The maximum atomic E-state index is 12.5. The average Bonchev–Trinajstić information content (AvgIpc) is 2.30. The second-order valence-corrected chi connectivity index (χ2v) is 5.09. The largest absolute Gasteiger partial charge is 0.416 e. The third-order valence-electron chi connectivity index (χ3n) is 3.23. The lowest BCUT2D eigenvalue weighted by atomic mass is 10.00. The van der Waals surface area contributed by atoms with E-state index in [0.29, 0.717) is 11.6 Å². The highest BCUT2D eigenvalue weighted by molar-refractivity contribution is 5.67. The zero-order chi connectivity index (χ0) is 14.6. The molecule has 2 atom stereocenters. The summed E-state index contributed by atoms with van der Waals surface area (Å²) in [5.74, 6) is 0.568. The molecule has 5 heteroatoms. The monoisotopic (exact) mass is 274 g/mol. The van der Waals surface area contributed by atoms with Crippen LogP contribution in [0.5, 0.6) is 0 Å². The number of alkyl halides is 3. The molecule has 1 aromatic rings. The number of hydrogen-bond acceptors (Lipinski definition) is 2. The molecule has 0 saturated carbocycles. The van der Waals surface area contributed by atoms with Crippen molar-refractivity contribution in [2.75, 3.05) is 11.1 Å². The van der Waals surface area contributed by atoms with E-state index in [0.717, 1.165) is 25.0 Å². The number of benzene rings is 1. The van der Waals surface area contributed by atoms with Crippen molar-refractivity contribution in [3.8, 4) is 0 Å². The molecule has 0 bridgehead atoms. The molecule has 0 radical (unpaired) electrons. The molecule has 2 unspecified atom stereocenters. The van der Waals surface area contributed by atoms with E-state index >= 15 is 0 Å². The fourth-order valence-corrected chi connectivity index (χ4v) is 1.97. The first-order valence-corrected chi connectivity index (χ1v) is 6.47. The minimum Gasteiger partial charge on any atom is -0.397 e. The highest BCUT2D eigenvalue weighted by Crippen LogP contribution is 2.33. The Labute approximate surface area is 112 Å². The van der Waals surface area contributed by atoms with Crippen LogP contribution < -0.4 is 11.1 Å². The molecule has 2 nitrogen and oxygen atoms in total. The lowest BCUT2D eigenvalue weighted by Crippen LogP contribution is -2.19. The van der Waals surface area contributed by atoms with E-state index < -0.39 is 11.7 Å². The van der Waals surface area contributed by atoms with Gasteiger partial charge in [-0.1, -0.05) is 20.3 Å². The van der Waals surface area contributed by atoms with E-state index in [4.69, 9.17) is 5.73 Å². The summed E-state index contributed by atoms with van der Waals surface area (Å²) < 4.78 is 37.5. The number of rotatable bonds is 5. The Balaban J connectivity index is 2.75. The topological polar surface area (TPSA) is 38.0 Å². The fourth-order valence-electron chi connectivity index (χ4n) is 1.97. The van der Waals surface area contributed by atoms with Gasteiger partial charge in [0.2, 0.25) is 0 Å². The summed E-state index contributed by atoms with van der Waals surface area (Å²) >= 11 is 0. The summed E-state index contributed by atoms with van der Waals surface area (Å²) in [5, 5.41) is 3.16. The van der Waals surface area contributed by atoms with Gasteiger partial charge >= 0.3 is 6.18 Å². The molecule has 108 valence electrons. The molecule has 0 fully saturated rings. The summed E-state index contributed by atoms with van der Waals surface area (Å²) in [7, 11) is 0. The van der Waals surface area contributed by atoms with Crippen LogP contribution in [0.15, 0.2) is 18.2 Å². The number of halogens is 3. The van der Waals surface area contributed by atoms with Gasteiger partial charge in [0.05, 0.1) is 16.9 Å². The third kappa shape index (κ3) is 4.65. The van der Waals surface area contributed by atoms with Crippen molar-refractivity contribution < 1.29 is 13.2 Å². The summed E-state index contributed by atoms with van der Waals surface area (Å²) in [6.45, 7) is 6.27. The molecule has 0 heterocycles. The van der Waals surface area contributed by atoms with Crippen LogP contribution in [-0.2, 0) is 6.18 Å². The van der Waals surface area contributed by atoms with Crippen LogP contribution in [0.4, 0.5) is 24.5 Å². The second-order valence-electron chi connectivity index (χ2n) is 5.09. The van der Waals surface area contributed by atoms with Crippen molar-refractivity contribution in [1.82, 2.24) is 0 Å². The molecule has 3 N–H and O–H groups in total. The Kier molecular flexibility index (Phi) is 5.09. The Morgan fingerprint density at radius 3 is 2.37 bits per heavy atom. The molecule has 0 aromatic heterocycles. The SMILES string of the molecule is CCC(C)CC(C)Nc1ccc(C(F)(F)F)cc1N. The number of nitrogens with one attached hydrogen (secondary N) is 1. The van der Waals surface area contributed by atoms with Crippen LogP contribution in [0, 0.1) is 5.92 Å². The molecular formula is C14H21F3N2. The third-order valence-corrected chi connectivity index (χ3v) is 3.23. The van der Waals surface area contributed by atoms with Crippen LogP contribution in [0.25, 0.3) is 0 Å². The van der Waals surface area contributed by atoms with E-state index in [9.17, 15) is 13.2 Å². The predicted octanol–water partition coefficient (Wildman–Crippen LogP) is 4.52. The number of nitrogens with two attached hydrogens (primary N) is 1. The first-order valence-electron chi connectivity index (χ1n) is 6.47. The van der Waals surface area contributed by atoms with Crippen molar-refractivity contribution in [3.05, 3.63) is 23.8 Å². The Morgan fingerprint density at radius 1 is 1.26 bits per heavy atom. The summed E-state index contributed by atoms with van der Waals surface area (Å²) in [6.07, 6.45) is -2.32. The first kappa shape index (κ1) is 15.7. The summed E-state index contributed by atoms with van der Waals surface area (Å²) in [4.78, 5) is 0. The fraction of sp³-hybridized carbons (Fsp3) is 0.571. The van der Waals surface area contributed by atoms with Crippen LogP contribution in [0.3, 0.4) is 0 Å². The van der Waals surface area contributed by atoms with Gasteiger partial charge in [-0.05, 0) is 37.5 Å². The minimum absolute atomic E-state index is 0.130. The molecule has 0 aliphatic rings. The maximum absolute atomic E-state index is 12.5. The van der Waals surface area contributed by atoms with Gasteiger partial charge in [0.1, 0.15) is 0 Å². The van der Waals surface area contributed by atoms with Crippen LogP contribution in [0.2, 0.25) is 0 Å². The van der Waals surface area contributed by atoms with Crippen molar-refractivity contribution in [2.24, 2.45) is 5.92 Å². The molecule has 1 rings (SSSR count). The predicted molar refractivity (Wildman–Crippen MR) is 73.0 cm³/mol. The van der Waals surface area contributed by atoms with Gasteiger partial charge in [-0.25, -0.2) is 0 Å². The maximum Gasteiger partial charge on any atom is 0.416 e. The summed E-state index contributed by atoms with van der Waals surface area (Å²) in [5.41, 5.74) is 5.64. The van der Waals surface area contributed by atoms with Crippen molar-refractivity contribution in [2.45, 2.75) is 45.8 Å². The molecule has 19 heavy (non-hydrogen) atoms. The van der Waals surface area contributed by atoms with Gasteiger partial charge < -0.3 is 11.1 Å². The highest BCUT2D eigenvalue weighted by Gasteiger charge is 2.30. The second kappa shape index (κ2) is 6.17. The standard InChI is InChI=1S/C14H21F3N2/c1-4-9(2)7-10(3)19-13-6-5-11(8-12(13)18)14(15,16)17/h5-6,8-10,19H,4,7,18H2,1-3H3. The Morgan fingerprint density at radius 2 is 1.89 bits per heavy atom. The normalized spacial score (nSPS) is 15.1. The molecule has 0 aliphatic carbocycles. The number of anilines is 2. The molecule has 0 aliphatic heterocycles. The van der Waals surface area contributed by atoms with Gasteiger partial charge in [0.15, 0.2) is 0 Å². The van der Waals surface area contributed by atoms with Gasteiger partial charge in [0, 0.05) is 6.04 Å². The lowest BCUT2D eigenvalue weighted by Gasteiger charge is -2.20. The van der Waals surface area contributed by atoms with E-state index in [2.05, 4.69) is 19.2 Å². The van der Waals surface area contributed by atoms with Gasteiger partial charge in [-0.3, -0.25) is 0 Å². The lowest BCUT2D eigenvalue weighted by molar-refractivity contribution is -0.137. The van der Waals surface area contributed by atoms with E-state index in [-0.39, 0.29) is 11.7 Å². The van der Waals surface area contributed by atoms with Crippen LogP contribution in [0.1, 0.15) is 39.2 Å².